The van der Waals surface area contributed by atoms with Gasteiger partial charge in [0.25, 0.3) is 5.91 Å². The molecule has 9 nitrogen and oxygen atoms in total. The van der Waals surface area contributed by atoms with Crippen molar-refractivity contribution in [2.45, 2.75) is 52.2 Å². The number of esters is 1. The Balaban J connectivity index is 1.80. The van der Waals surface area contributed by atoms with E-state index in [-0.39, 0.29) is 5.92 Å². The van der Waals surface area contributed by atoms with Crippen molar-refractivity contribution >= 4 is 23.7 Å². The van der Waals surface area contributed by atoms with E-state index in [0.717, 1.165) is 5.82 Å². The lowest BCUT2D eigenvalue weighted by Crippen LogP contribution is -2.50. The average Bonchev–Trinajstić information content (AvgIpc) is 2.66. The number of hydrogen-bond donors (Lipinski definition) is 2. The molecule has 9 heteroatoms. The Morgan fingerprint density at radius 1 is 1.28 bits per heavy atom. The highest BCUT2D eigenvalue weighted by Gasteiger charge is 2.30. The molecule has 2 heterocycles. The molecule has 29 heavy (non-hydrogen) atoms. The van der Waals surface area contributed by atoms with E-state index >= 15 is 0 Å². The summed E-state index contributed by atoms with van der Waals surface area (Å²) in [7, 11) is 0. The zero-order valence-corrected chi connectivity index (χ0v) is 17.2. The minimum Gasteiger partial charge on any atom is -0.452 e. The number of aromatic nitrogens is 1. The molecule has 1 saturated heterocycles. The van der Waals surface area contributed by atoms with Gasteiger partial charge in [-0.2, -0.15) is 5.26 Å². The summed E-state index contributed by atoms with van der Waals surface area (Å²) in [4.78, 5) is 42.5. The summed E-state index contributed by atoms with van der Waals surface area (Å²) in [6.45, 7) is 8.05. The van der Waals surface area contributed by atoms with Gasteiger partial charge >= 0.3 is 12.0 Å². The second-order valence-corrected chi connectivity index (χ2v) is 8.05. The Morgan fingerprint density at radius 2 is 1.93 bits per heavy atom. The number of amides is 3. The third kappa shape index (κ3) is 6.75. The number of piperidine rings is 1. The van der Waals surface area contributed by atoms with Gasteiger partial charge in [0.1, 0.15) is 11.9 Å². The molecule has 2 N–H and O–H groups in total. The van der Waals surface area contributed by atoms with Crippen molar-refractivity contribution in [3.05, 3.63) is 23.9 Å². The van der Waals surface area contributed by atoms with Crippen molar-refractivity contribution in [2.24, 2.45) is 5.92 Å². The van der Waals surface area contributed by atoms with Crippen LogP contribution in [0.2, 0.25) is 0 Å². The van der Waals surface area contributed by atoms with Crippen LogP contribution in [-0.4, -0.2) is 47.6 Å². The Kier molecular flexibility index (Phi) is 7.15. The van der Waals surface area contributed by atoms with Gasteiger partial charge in [-0.1, -0.05) is 0 Å². The number of anilines is 1. The Bertz CT molecular complexity index is 787. The molecule has 0 aliphatic carbocycles. The van der Waals surface area contributed by atoms with E-state index in [1.165, 1.54) is 13.1 Å². The number of imide groups is 1. The maximum absolute atomic E-state index is 12.4. The number of urea groups is 1. The summed E-state index contributed by atoms with van der Waals surface area (Å²) >= 11 is 0. The standard InChI is InChI=1S/C20H27N5O4/c1-13(17(26)23-19(28)24-20(2,3)4)29-18(27)15-7-9-25(10-8-15)16-6-5-14(11-21)12-22-16/h5-6,12-13,15H,7-10H2,1-4H3,(H2,23,24,26,28). The van der Waals surface area contributed by atoms with Crippen LogP contribution >= 0.6 is 0 Å². The zero-order chi connectivity index (χ0) is 21.6. The largest absolute Gasteiger partial charge is 0.452 e. The number of ether oxygens (including phenoxy) is 1. The number of carbonyl (C=O) groups is 3. The lowest BCUT2D eigenvalue weighted by molar-refractivity contribution is -0.159. The molecule has 1 aliphatic heterocycles. The van der Waals surface area contributed by atoms with Crippen LogP contribution in [0, 0.1) is 17.2 Å². The third-order valence-corrected chi connectivity index (χ3v) is 4.42. The van der Waals surface area contributed by atoms with Crippen LogP contribution in [0.15, 0.2) is 18.3 Å². The number of carbonyl (C=O) groups excluding carboxylic acids is 3. The minimum absolute atomic E-state index is 0.316. The molecular formula is C20H27N5O4. The van der Waals surface area contributed by atoms with E-state index in [2.05, 4.69) is 15.6 Å². The van der Waals surface area contributed by atoms with Crippen molar-refractivity contribution < 1.29 is 19.1 Å². The Hall–Kier alpha value is -3.15. The maximum atomic E-state index is 12.4. The van der Waals surface area contributed by atoms with E-state index in [4.69, 9.17) is 10.00 Å². The van der Waals surface area contributed by atoms with Crippen molar-refractivity contribution in [1.29, 1.82) is 5.26 Å². The fourth-order valence-electron chi connectivity index (χ4n) is 2.89. The molecule has 1 fully saturated rings. The second-order valence-electron chi connectivity index (χ2n) is 8.05. The monoisotopic (exact) mass is 401 g/mol. The molecule has 1 aromatic rings. The number of nitrogens with zero attached hydrogens (tertiary/aromatic N) is 3. The van der Waals surface area contributed by atoms with Gasteiger partial charge in [0.2, 0.25) is 0 Å². The predicted molar refractivity (Wildman–Crippen MR) is 106 cm³/mol. The van der Waals surface area contributed by atoms with E-state index in [0.29, 0.717) is 31.5 Å². The highest BCUT2D eigenvalue weighted by atomic mass is 16.5. The number of nitriles is 1. The first kappa shape index (κ1) is 22.1. The van der Waals surface area contributed by atoms with E-state index in [1.54, 1.807) is 32.9 Å². The van der Waals surface area contributed by atoms with Gasteiger partial charge < -0.3 is 15.0 Å². The SMILES string of the molecule is CC(OC(=O)C1CCN(c2ccc(C#N)cn2)CC1)C(=O)NC(=O)NC(C)(C)C. The average molecular weight is 401 g/mol. The van der Waals surface area contributed by atoms with Crippen molar-refractivity contribution in [1.82, 2.24) is 15.6 Å². The smallest absolute Gasteiger partial charge is 0.321 e. The van der Waals surface area contributed by atoms with E-state index in [9.17, 15) is 14.4 Å². The lowest BCUT2D eigenvalue weighted by Gasteiger charge is -2.32. The third-order valence-electron chi connectivity index (χ3n) is 4.42. The summed E-state index contributed by atoms with van der Waals surface area (Å²) in [5.41, 5.74) is 0.0119. The normalized spacial score (nSPS) is 15.8. The highest BCUT2D eigenvalue weighted by Crippen LogP contribution is 2.23. The van der Waals surface area contributed by atoms with Crippen LogP contribution in [0.5, 0.6) is 0 Å². The molecule has 0 aromatic carbocycles. The van der Waals surface area contributed by atoms with Crippen LogP contribution in [0.1, 0.15) is 46.1 Å². The van der Waals surface area contributed by atoms with Crippen LogP contribution in [0.25, 0.3) is 0 Å². The first-order valence-electron chi connectivity index (χ1n) is 9.53. The fraction of sp³-hybridized carbons (Fsp3) is 0.550. The number of rotatable bonds is 4. The molecule has 3 amide bonds. The second kappa shape index (κ2) is 9.37. The van der Waals surface area contributed by atoms with E-state index < -0.39 is 29.6 Å². The molecule has 156 valence electrons. The first-order valence-corrected chi connectivity index (χ1v) is 9.53. The highest BCUT2D eigenvalue weighted by molar-refractivity contribution is 5.97. The molecule has 0 saturated carbocycles. The van der Waals surface area contributed by atoms with Crippen LogP contribution in [-0.2, 0) is 14.3 Å². The topological polar surface area (TPSA) is 124 Å². The first-order chi connectivity index (χ1) is 13.6. The van der Waals surface area contributed by atoms with Gasteiger partial charge in [-0.25, -0.2) is 9.78 Å². The summed E-state index contributed by atoms with van der Waals surface area (Å²) in [6, 6.07) is 4.89. The molecule has 0 spiro atoms. The van der Waals surface area contributed by atoms with Crippen LogP contribution < -0.4 is 15.5 Å². The molecule has 1 aliphatic rings. The van der Waals surface area contributed by atoms with Crippen molar-refractivity contribution in [3.8, 4) is 6.07 Å². The van der Waals surface area contributed by atoms with Gasteiger partial charge in [-0.15, -0.1) is 0 Å². The van der Waals surface area contributed by atoms with Crippen LogP contribution in [0.4, 0.5) is 10.6 Å². The van der Waals surface area contributed by atoms with Crippen molar-refractivity contribution in [2.75, 3.05) is 18.0 Å². The van der Waals surface area contributed by atoms with Gasteiger partial charge in [-0.05, 0) is 52.7 Å². The molecule has 0 bridgehead atoms. The molecular weight excluding hydrogens is 374 g/mol. The molecule has 0 radical (unpaired) electrons. The lowest BCUT2D eigenvalue weighted by atomic mass is 9.97. The number of nitrogens with one attached hydrogen (secondary N) is 2. The van der Waals surface area contributed by atoms with Crippen molar-refractivity contribution in [3.63, 3.8) is 0 Å². The fourth-order valence-corrected chi connectivity index (χ4v) is 2.89. The molecule has 1 atom stereocenters. The number of hydrogen-bond acceptors (Lipinski definition) is 7. The maximum Gasteiger partial charge on any atom is 0.321 e. The van der Waals surface area contributed by atoms with Gasteiger partial charge in [0, 0.05) is 24.8 Å². The van der Waals surface area contributed by atoms with Gasteiger partial charge in [0.05, 0.1) is 11.5 Å². The molecule has 1 aromatic heterocycles. The zero-order valence-electron chi connectivity index (χ0n) is 17.2. The summed E-state index contributed by atoms with van der Waals surface area (Å²) in [5.74, 6) is -0.674. The summed E-state index contributed by atoms with van der Waals surface area (Å²) < 4.78 is 5.25. The Morgan fingerprint density at radius 3 is 2.45 bits per heavy atom. The van der Waals surface area contributed by atoms with Gasteiger partial charge in [0.15, 0.2) is 6.10 Å². The molecule has 1 unspecified atom stereocenters. The summed E-state index contributed by atoms with van der Waals surface area (Å²) in [6.07, 6.45) is 1.59. The minimum atomic E-state index is -1.06. The quantitative estimate of drug-likeness (QED) is 0.736. The number of pyridine rings is 1. The van der Waals surface area contributed by atoms with Gasteiger partial charge in [-0.3, -0.25) is 14.9 Å². The Labute approximate surface area is 170 Å². The molecule has 2 rings (SSSR count). The van der Waals surface area contributed by atoms with Crippen LogP contribution in [0.3, 0.4) is 0 Å². The summed E-state index contributed by atoms with van der Waals surface area (Å²) in [5, 5.41) is 13.6. The predicted octanol–water partition coefficient (Wildman–Crippen LogP) is 1.73. The van der Waals surface area contributed by atoms with E-state index in [1.807, 2.05) is 11.0 Å².